The Bertz CT molecular complexity index is 938. The lowest BCUT2D eigenvalue weighted by Crippen LogP contribution is -2.39. The van der Waals surface area contributed by atoms with Gasteiger partial charge < -0.3 is 14.5 Å². The summed E-state index contributed by atoms with van der Waals surface area (Å²) in [6.07, 6.45) is 3.45. The van der Waals surface area contributed by atoms with Crippen LogP contribution in [0.4, 0.5) is 13.2 Å². The van der Waals surface area contributed by atoms with E-state index in [4.69, 9.17) is 9.15 Å². The molecule has 1 saturated carbocycles. The number of thiazole rings is 1. The summed E-state index contributed by atoms with van der Waals surface area (Å²) in [6.45, 7) is 2.95. The van der Waals surface area contributed by atoms with Crippen molar-refractivity contribution >= 4 is 17.2 Å². The Morgan fingerprint density at radius 2 is 2.12 bits per heavy atom. The summed E-state index contributed by atoms with van der Waals surface area (Å²) in [4.78, 5) is 23.9. The molecule has 3 heterocycles. The van der Waals surface area contributed by atoms with Gasteiger partial charge >= 0.3 is 6.18 Å². The highest BCUT2D eigenvalue weighted by Crippen LogP contribution is 2.32. The average molecular weight is 487 g/mol. The molecule has 33 heavy (non-hydrogen) atoms. The zero-order valence-electron chi connectivity index (χ0n) is 18.6. The number of carbonyl (C=O) groups excluding carboxylic acids is 1. The number of hydrogen-bond acceptors (Lipinski definition) is 7. The highest BCUT2D eigenvalue weighted by Gasteiger charge is 2.30. The summed E-state index contributed by atoms with van der Waals surface area (Å²) in [5.74, 6) is 1.74. The van der Waals surface area contributed by atoms with Crippen LogP contribution in [0.3, 0.4) is 0 Å². The van der Waals surface area contributed by atoms with Crippen molar-refractivity contribution in [2.75, 3.05) is 19.7 Å². The van der Waals surface area contributed by atoms with Gasteiger partial charge in [0, 0.05) is 30.9 Å². The molecule has 0 saturated heterocycles. The number of aryl methyl sites for hydroxylation is 1. The van der Waals surface area contributed by atoms with Crippen LogP contribution in [-0.4, -0.2) is 52.7 Å². The quantitative estimate of drug-likeness (QED) is 0.607. The minimum atomic E-state index is -4.35. The summed E-state index contributed by atoms with van der Waals surface area (Å²) in [5.41, 5.74) is 0.844. The topological polar surface area (TPSA) is 80.5 Å². The molecule has 1 aliphatic heterocycles. The lowest BCUT2D eigenvalue weighted by atomic mass is 9.84. The second-order valence-corrected chi connectivity index (χ2v) is 9.92. The third kappa shape index (κ3) is 7.17. The van der Waals surface area contributed by atoms with Gasteiger partial charge in [-0.25, -0.2) is 9.97 Å². The highest BCUT2D eigenvalue weighted by molar-refractivity contribution is 7.13. The number of ether oxygens (including phenoxy) is 1. The van der Waals surface area contributed by atoms with Crippen molar-refractivity contribution in [2.24, 2.45) is 5.92 Å². The summed E-state index contributed by atoms with van der Waals surface area (Å²) < 4.78 is 47.2. The summed E-state index contributed by atoms with van der Waals surface area (Å²) >= 11 is 1.23. The van der Waals surface area contributed by atoms with Crippen LogP contribution >= 0.6 is 11.3 Å². The van der Waals surface area contributed by atoms with Gasteiger partial charge in [0.2, 0.25) is 5.91 Å². The molecule has 7 nitrogen and oxygen atoms in total. The average Bonchev–Trinajstić information content (AvgIpc) is 3.36. The SMILES string of the molecule is Cc1ncc(CC(=O)NC2CCC(CCN3CCc4sc(OCC(F)(F)F)nc4C3)CC2)o1. The molecule has 0 bridgehead atoms. The number of halogens is 3. The van der Waals surface area contributed by atoms with Crippen molar-refractivity contribution in [1.29, 1.82) is 0 Å². The van der Waals surface area contributed by atoms with Gasteiger partial charge in [-0.15, -0.1) is 0 Å². The van der Waals surface area contributed by atoms with Gasteiger partial charge in [-0.3, -0.25) is 9.69 Å². The fourth-order valence-electron chi connectivity index (χ4n) is 4.51. The summed E-state index contributed by atoms with van der Waals surface area (Å²) in [5, 5.41) is 3.22. The second kappa shape index (κ2) is 10.4. The molecule has 0 aromatic carbocycles. The Hall–Kier alpha value is -2.14. The van der Waals surface area contributed by atoms with Crippen LogP contribution in [-0.2, 0) is 24.2 Å². The molecular weight excluding hydrogens is 457 g/mol. The Morgan fingerprint density at radius 3 is 2.82 bits per heavy atom. The summed E-state index contributed by atoms with van der Waals surface area (Å²) in [6, 6.07) is 0.209. The number of hydrogen-bond donors (Lipinski definition) is 1. The maximum absolute atomic E-state index is 12.4. The molecule has 11 heteroatoms. The van der Waals surface area contributed by atoms with E-state index in [1.165, 1.54) is 11.3 Å². The number of alkyl halides is 3. The van der Waals surface area contributed by atoms with Crippen LogP contribution in [0.25, 0.3) is 0 Å². The van der Waals surface area contributed by atoms with Gasteiger partial charge in [0.05, 0.1) is 18.3 Å². The number of nitrogens with one attached hydrogen (secondary N) is 1. The second-order valence-electron chi connectivity index (χ2n) is 8.88. The largest absolute Gasteiger partial charge is 0.460 e. The molecule has 0 atom stereocenters. The molecule has 1 amide bonds. The van der Waals surface area contributed by atoms with Crippen LogP contribution < -0.4 is 10.1 Å². The van der Waals surface area contributed by atoms with Crippen LogP contribution in [0.15, 0.2) is 10.6 Å². The third-order valence-corrected chi connectivity index (χ3v) is 7.29. The van der Waals surface area contributed by atoms with E-state index in [0.29, 0.717) is 24.1 Å². The first kappa shape index (κ1) is 24.0. The Morgan fingerprint density at radius 1 is 1.33 bits per heavy atom. The molecular formula is C22H29F3N4O3S. The Kier molecular flexibility index (Phi) is 7.58. The first-order chi connectivity index (χ1) is 15.7. The third-order valence-electron chi connectivity index (χ3n) is 6.22. The van der Waals surface area contributed by atoms with Gasteiger partial charge in [0.1, 0.15) is 5.76 Å². The van der Waals surface area contributed by atoms with Crippen molar-refractivity contribution in [3.8, 4) is 5.19 Å². The zero-order valence-corrected chi connectivity index (χ0v) is 19.4. The Labute approximate surface area is 194 Å². The van der Waals surface area contributed by atoms with E-state index in [-0.39, 0.29) is 23.6 Å². The maximum Gasteiger partial charge on any atom is 0.422 e. The number of oxazole rings is 1. The maximum atomic E-state index is 12.4. The molecule has 4 rings (SSSR count). The van der Waals surface area contributed by atoms with Crippen LogP contribution in [0.1, 0.15) is 54.3 Å². The monoisotopic (exact) mass is 486 g/mol. The number of nitrogens with zero attached hydrogens (tertiary/aromatic N) is 3. The normalized spacial score (nSPS) is 21.6. The van der Waals surface area contributed by atoms with Crippen LogP contribution in [0.2, 0.25) is 0 Å². The number of aromatic nitrogens is 2. The fraction of sp³-hybridized carbons (Fsp3) is 0.682. The first-order valence-electron chi connectivity index (χ1n) is 11.3. The predicted molar refractivity (Wildman–Crippen MR) is 116 cm³/mol. The van der Waals surface area contributed by atoms with E-state index >= 15 is 0 Å². The number of fused-ring (bicyclic) bond motifs is 1. The number of carbonyl (C=O) groups is 1. The van der Waals surface area contributed by atoms with Crippen molar-refractivity contribution in [3.63, 3.8) is 0 Å². The predicted octanol–water partition coefficient (Wildman–Crippen LogP) is 4.05. The van der Waals surface area contributed by atoms with Crippen molar-refractivity contribution in [1.82, 2.24) is 20.2 Å². The van der Waals surface area contributed by atoms with Crippen LogP contribution in [0, 0.1) is 12.8 Å². The van der Waals surface area contributed by atoms with Crippen molar-refractivity contribution in [3.05, 3.63) is 28.4 Å². The van der Waals surface area contributed by atoms with Gasteiger partial charge in [-0.1, -0.05) is 11.3 Å². The molecule has 2 aromatic rings. The molecule has 1 aliphatic carbocycles. The molecule has 0 spiro atoms. The minimum absolute atomic E-state index is 0.0273. The highest BCUT2D eigenvalue weighted by atomic mass is 32.1. The molecule has 182 valence electrons. The number of rotatable bonds is 8. The molecule has 0 unspecified atom stereocenters. The smallest absolute Gasteiger partial charge is 0.422 e. The van der Waals surface area contributed by atoms with Crippen molar-refractivity contribution in [2.45, 2.75) is 70.6 Å². The van der Waals surface area contributed by atoms with E-state index in [9.17, 15) is 18.0 Å². The van der Waals surface area contributed by atoms with Gasteiger partial charge in [0.15, 0.2) is 12.5 Å². The zero-order chi connectivity index (χ0) is 23.4. The molecule has 0 radical (unpaired) electrons. The van der Waals surface area contributed by atoms with E-state index in [2.05, 4.69) is 20.2 Å². The minimum Gasteiger partial charge on any atom is -0.460 e. The fourth-order valence-corrected chi connectivity index (χ4v) is 5.42. The molecule has 1 N–H and O–H groups in total. The van der Waals surface area contributed by atoms with Gasteiger partial charge in [-0.05, 0) is 51.0 Å². The summed E-state index contributed by atoms with van der Waals surface area (Å²) in [7, 11) is 0. The van der Waals surface area contributed by atoms with Gasteiger partial charge in [0.25, 0.3) is 5.19 Å². The van der Waals surface area contributed by atoms with Gasteiger partial charge in [-0.2, -0.15) is 13.2 Å². The van der Waals surface area contributed by atoms with Crippen LogP contribution in [0.5, 0.6) is 5.19 Å². The van der Waals surface area contributed by atoms with E-state index < -0.39 is 12.8 Å². The molecule has 2 aliphatic rings. The molecule has 2 aromatic heterocycles. The first-order valence-corrected chi connectivity index (χ1v) is 12.2. The molecule has 1 fully saturated rings. The number of amides is 1. The van der Waals surface area contributed by atoms with E-state index in [1.807, 2.05) is 0 Å². The lowest BCUT2D eigenvalue weighted by molar-refractivity contribution is -0.153. The van der Waals surface area contributed by atoms with E-state index in [0.717, 1.165) is 62.2 Å². The lowest BCUT2D eigenvalue weighted by Gasteiger charge is -2.31. The van der Waals surface area contributed by atoms with E-state index in [1.54, 1.807) is 13.1 Å². The standard InChI is InChI=1S/C22H29F3N4O3S/c1-14-26-11-17(32-14)10-20(30)27-16-4-2-15(3-5-16)6-8-29-9-7-19-18(12-29)28-21(33-19)31-13-22(23,24)25/h11,15-16H,2-10,12-13H2,1H3,(H,27,30). The van der Waals surface area contributed by atoms with Crippen molar-refractivity contribution < 1.29 is 27.1 Å². The Balaban J connectivity index is 1.15.